The fourth-order valence-corrected chi connectivity index (χ4v) is 5.93. The number of para-hydroxylation sites is 1. The number of amides is 1. The van der Waals surface area contributed by atoms with Gasteiger partial charge >= 0.3 is 5.97 Å². The number of carboxylic acid groups (broad SMARTS) is 1. The van der Waals surface area contributed by atoms with E-state index in [1.54, 1.807) is 4.90 Å². The molecular formula is C26H27F2NO5. The molecule has 1 spiro atoms. The van der Waals surface area contributed by atoms with Gasteiger partial charge < -0.3 is 19.5 Å². The first-order valence-corrected chi connectivity index (χ1v) is 11.6. The van der Waals surface area contributed by atoms with Gasteiger partial charge in [0, 0.05) is 24.4 Å². The van der Waals surface area contributed by atoms with Crippen LogP contribution in [0.15, 0.2) is 42.5 Å². The Labute approximate surface area is 196 Å². The van der Waals surface area contributed by atoms with Crippen LogP contribution in [0.3, 0.4) is 0 Å². The Hall–Kier alpha value is -3.00. The average Bonchev–Trinajstić information content (AvgIpc) is 3.22. The summed E-state index contributed by atoms with van der Waals surface area (Å²) in [5, 5.41) is 9.34. The SMILES string of the molecule is C[C@@]1(CCC(=O)O)Oc2ccccc2[C@@H]2OC[C@]3(CCCN3C(=O)c3cc(F)ccc3F)C[C@H]21. The van der Waals surface area contributed by atoms with Gasteiger partial charge in [0.15, 0.2) is 0 Å². The summed E-state index contributed by atoms with van der Waals surface area (Å²) in [7, 11) is 0. The summed E-state index contributed by atoms with van der Waals surface area (Å²) in [4.78, 5) is 26.4. The summed E-state index contributed by atoms with van der Waals surface area (Å²) < 4.78 is 41.1. The molecule has 0 unspecified atom stereocenters. The van der Waals surface area contributed by atoms with Gasteiger partial charge in [-0.15, -0.1) is 0 Å². The molecular weight excluding hydrogens is 444 g/mol. The van der Waals surface area contributed by atoms with Crippen LogP contribution in [0.5, 0.6) is 5.75 Å². The minimum atomic E-state index is -0.911. The number of aliphatic carboxylic acids is 1. The van der Waals surface area contributed by atoms with Gasteiger partial charge in [0.2, 0.25) is 0 Å². The molecule has 180 valence electrons. The summed E-state index contributed by atoms with van der Waals surface area (Å²) >= 11 is 0. The lowest BCUT2D eigenvalue weighted by atomic mass is 9.68. The molecule has 3 aliphatic rings. The Balaban J connectivity index is 1.50. The molecule has 1 N–H and O–H groups in total. The van der Waals surface area contributed by atoms with E-state index in [1.807, 2.05) is 31.2 Å². The standard InChI is InChI=1S/C26H27F2NO5/c1-25(11-9-22(30)31)19-14-26(15-33-23(19)17-5-2-3-6-21(17)34-25)10-4-12-29(26)24(32)18-13-16(27)7-8-20(18)28/h2-3,5-8,13,19,23H,4,9-12,14-15H2,1H3,(H,30,31)/t19-,23+,25+,26+/m1/s1. The van der Waals surface area contributed by atoms with Crippen LogP contribution in [0.1, 0.15) is 61.1 Å². The zero-order valence-electron chi connectivity index (χ0n) is 18.9. The lowest BCUT2D eigenvalue weighted by Crippen LogP contribution is -2.60. The van der Waals surface area contributed by atoms with Crippen LogP contribution >= 0.6 is 0 Å². The topological polar surface area (TPSA) is 76.1 Å². The fourth-order valence-electron chi connectivity index (χ4n) is 5.93. The van der Waals surface area contributed by atoms with Gasteiger partial charge in [-0.05, 0) is 56.9 Å². The second kappa shape index (κ2) is 8.34. The number of benzene rings is 2. The van der Waals surface area contributed by atoms with Crippen molar-refractivity contribution in [2.24, 2.45) is 5.92 Å². The number of carbonyl (C=O) groups excluding carboxylic acids is 1. The molecule has 2 aromatic rings. The Kier molecular flexibility index (Phi) is 5.59. The van der Waals surface area contributed by atoms with Gasteiger partial charge in [0.1, 0.15) is 23.0 Å². The second-order valence-electron chi connectivity index (χ2n) is 9.80. The largest absolute Gasteiger partial charge is 0.487 e. The van der Waals surface area contributed by atoms with Crippen LogP contribution in [0.25, 0.3) is 0 Å². The zero-order chi connectivity index (χ0) is 24.1. The van der Waals surface area contributed by atoms with Crippen molar-refractivity contribution in [1.82, 2.24) is 4.90 Å². The molecule has 3 heterocycles. The fraction of sp³-hybridized carbons (Fsp3) is 0.462. The smallest absolute Gasteiger partial charge is 0.303 e. The van der Waals surface area contributed by atoms with E-state index in [1.165, 1.54) is 0 Å². The van der Waals surface area contributed by atoms with E-state index in [0.29, 0.717) is 31.6 Å². The van der Waals surface area contributed by atoms with Gasteiger partial charge in [-0.25, -0.2) is 8.78 Å². The van der Waals surface area contributed by atoms with E-state index in [9.17, 15) is 23.5 Å². The van der Waals surface area contributed by atoms with Crippen molar-refractivity contribution in [2.75, 3.05) is 13.2 Å². The number of ether oxygens (including phenoxy) is 2. The second-order valence-corrected chi connectivity index (χ2v) is 9.80. The highest BCUT2D eigenvalue weighted by atomic mass is 19.1. The van der Waals surface area contributed by atoms with Crippen molar-refractivity contribution in [3.8, 4) is 5.75 Å². The molecule has 4 atom stereocenters. The van der Waals surface area contributed by atoms with E-state index in [0.717, 1.165) is 23.8 Å². The number of halogens is 2. The van der Waals surface area contributed by atoms with Crippen LogP contribution in [0.2, 0.25) is 0 Å². The Morgan fingerprint density at radius 2 is 2.00 bits per heavy atom. The third kappa shape index (κ3) is 3.74. The lowest BCUT2D eigenvalue weighted by molar-refractivity contribution is -0.169. The molecule has 0 aliphatic carbocycles. The minimum Gasteiger partial charge on any atom is -0.487 e. The number of hydrogen-bond acceptors (Lipinski definition) is 4. The summed E-state index contributed by atoms with van der Waals surface area (Å²) in [5.41, 5.74) is -0.909. The molecule has 34 heavy (non-hydrogen) atoms. The predicted molar refractivity (Wildman–Crippen MR) is 119 cm³/mol. The van der Waals surface area contributed by atoms with Gasteiger partial charge in [0.05, 0.1) is 23.8 Å². The molecule has 2 saturated heterocycles. The number of likely N-dealkylation sites (tertiary alicyclic amines) is 1. The number of hydrogen-bond donors (Lipinski definition) is 1. The highest BCUT2D eigenvalue weighted by molar-refractivity contribution is 5.95. The summed E-state index contributed by atoms with van der Waals surface area (Å²) in [5.74, 6) is -2.44. The van der Waals surface area contributed by atoms with E-state index < -0.39 is 34.7 Å². The Morgan fingerprint density at radius 3 is 2.79 bits per heavy atom. The molecule has 0 saturated carbocycles. The van der Waals surface area contributed by atoms with Crippen molar-refractivity contribution < 1.29 is 33.0 Å². The molecule has 0 radical (unpaired) electrons. The van der Waals surface area contributed by atoms with Gasteiger partial charge in [-0.1, -0.05) is 18.2 Å². The van der Waals surface area contributed by atoms with Crippen LogP contribution in [0.4, 0.5) is 8.78 Å². The third-order valence-corrected chi connectivity index (χ3v) is 7.69. The van der Waals surface area contributed by atoms with E-state index in [-0.39, 0.29) is 37.0 Å². The number of fused-ring (bicyclic) bond motifs is 3. The van der Waals surface area contributed by atoms with Gasteiger partial charge in [-0.3, -0.25) is 9.59 Å². The first-order valence-electron chi connectivity index (χ1n) is 11.6. The zero-order valence-corrected chi connectivity index (χ0v) is 18.9. The first-order chi connectivity index (χ1) is 16.2. The predicted octanol–water partition coefficient (Wildman–Crippen LogP) is 4.73. The maximum absolute atomic E-state index is 14.4. The van der Waals surface area contributed by atoms with Crippen molar-refractivity contribution in [3.05, 3.63) is 65.2 Å². The van der Waals surface area contributed by atoms with Crippen molar-refractivity contribution in [1.29, 1.82) is 0 Å². The summed E-state index contributed by atoms with van der Waals surface area (Å²) in [6.07, 6.45) is 1.81. The van der Waals surface area contributed by atoms with E-state index in [4.69, 9.17) is 9.47 Å². The number of nitrogens with zero attached hydrogens (tertiary/aromatic N) is 1. The molecule has 6 nitrogen and oxygen atoms in total. The van der Waals surface area contributed by atoms with Gasteiger partial charge in [-0.2, -0.15) is 0 Å². The normalized spacial score (nSPS) is 29.9. The van der Waals surface area contributed by atoms with Crippen LogP contribution in [-0.4, -0.2) is 46.2 Å². The molecule has 1 amide bonds. The monoisotopic (exact) mass is 471 g/mol. The summed E-state index contributed by atoms with van der Waals surface area (Å²) in [6.45, 7) is 2.58. The number of rotatable bonds is 4. The molecule has 5 rings (SSSR count). The van der Waals surface area contributed by atoms with Crippen LogP contribution in [0, 0.1) is 17.6 Å². The van der Waals surface area contributed by atoms with Crippen LogP contribution in [-0.2, 0) is 9.53 Å². The summed E-state index contributed by atoms with van der Waals surface area (Å²) in [6, 6.07) is 10.5. The van der Waals surface area contributed by atoms with Crippen molar-refractivity contribution in [3.63, 3.8) is 0 Å². The van der Waals surface area contributed by atoms with Crippen LogP contribution < -0.4 is 4.74 Å². The van der Waals surface area contributed by atoms with E-state index in [2.05, 4.69) is 0 Å². The molecule has 8 heteroatoms. The average molecular weight is 472 g/mol. The Bertz CT molecular complexity index is 1140. The van der Waals surface area contributed by atoms with E-state index >= 15 is 0 Å². The maximum atomic E-state index is 14.4. The van der Waals surface area contributed by atoms with Crippen molar-refractivity contribution in [2.45, 2.75) is 56.3 Å². The molecule has 2 aromatic carbocycles. The molecule has 0 aromatic heterocycles. The Morgan fingerprint density at radius 1 is 1.21 bits per heavy atom. The number of carbonyl (C=O) groups is 2. The van der Waals surface area contributed by atoms with Crippen molar-refractivity contribution >= 4 is 11.9 Å². The lowest BCUT2D eigenvalue weighted by Gasteiger charge is -2.54. The highest BCUT2D eigenvalue weighted by Gasteiger charge is 2.57. The van der Waals surface area contributed by atoms with Gasteiger partial charge in [0.25, 0.3) is 5.91 Å². The highest BCUT2D eigenvalue weighted by Crippen LogP contribution is 2.55. The maximum Gasteiger partial charge on any atom is 0.303 e. The molecule has 2 fully saturated rings. The molecule has 3 aliphatic heterocycles. The minimum absolute atomic E-state index is 0.0635. The molecule has 0 bridgehead atoms. The third-order valence-electron chi connectivity index (χ3n) is 7.69. The quantitative estimate of drug-likeness (QED) is 0.698. The number of carboxylic acids is 1. The first kappa shape index (κ1) is 22.8.